The first-order valence-corrected chi connectivity index (χ1v) is 8.04. The minimum atomic E-state index is -1.11. The minimum Gasteiger partial charge on any atom is -0.396 e. The van der Waals surface area contributed by atoms with Crippen molar-refractivity contribution in [1.29, 1.82) is 0 Å². The van der Waals surface area contributed by atoms with E-state index in [4.69, 9.17) is 61.3 Å². The first-order valence-electron chi connectivity index (χ1n) is 8.04. The first-order chi connectivity index (χ1) is 12.7. The number of hydrogen-bond donors (Lipinski definition) is 12. The highest BCUT2D eigenvalue weighted by Crippen LogP contribution is 2.13. The van der Waals surface area contributed by atoms with Crippen LogP contribution in [0.15, 0.2) is 0 Å². The van der Waals surface area contributed by atoms with Gasteiger partial charge >= 0.3 is 0 Å². The lowest BCUT2D eigenvalue weighted by atomic mass is 9.93. The summed E-state index contributed by atoms with van der Waals surface area (Å²) in [5.41, 5.74) is -3.33. The third-order valence-corrected chi connectivity index (χ3v) is 4.02. The van der Waals surface area contributed by atoms with Gasteiger partial charge in [-0.3, -0.25) is 0 Å². The van der Waals surface area contributed by atoms with Crippen LogP contribution in [0.5, 0.6) is 0 Å². The van der Waals surface area contributed by atoms with E-state index in [1.165, 1.54) is 0 Å². The van der Waals surface area contributed by atoms with E-state index < -0.39 is 95.5 Å². The molecule has 0 aromatic carbocycles. The van der Waals surface area contributed by atoms with Gasteiger partial charge < -0.3 is 61.3 Å². The molecule has 0 aliphatic carbocycles. The van der Waals surface area contributed by atoms with Crippen molar-refractivity contribution >= 4 is 50.9 Å². The summed E-state index contributed by atoms with van der Waals surface area (Å²) in [6.07, 6.45) is 0. The van der Waals surface area contributed by atoms with Crippen molar-refractivity contribution in [3.63, 3.8) is 0 Å². The highest BCUT2D eigenvalue weighted by molar-refractivity contribution is 8.93. The van der Waals surface area contributed by atoms with E-state index in [1.807, 2.05) is 0 Å². The van der Waals surface area contributed by atoms with Crippen LogP contribution in [0.3, 0.4) is 0 Å². The number of halogens is 3. The van der Waals surface area contributed by atoms with Gasteiger partial charge in [0.15, 0.2) is 0 Å². The molecule has 0 radical (unpaired) electrons. The Morgan fingerprint density at radius 3 is 0.300 bits per heavy atom. The molecule has 0 aliphatic rings. The van der Waals surface area contributed by atoms with Gasteiger partial charge in [0.05, 0.1) is 95.5 Å². The predicted octanol–water partition coefficient (Wildman–Crippen LogP) is -4.44. The first kappa shape index (κ1) is 44.6. The molecule has 0 fully saturated rings. The largest absolute Gasteiger partial charge is 0.396 e. The summed E-state index contributed by atoms with van der Waals surface area (Å²) in [5, 5.41) is 102. The van der Waals surface area contributed by atoms with E-state index in [0.717, 1.165) is 0 Å². The Morgan fingerprint density at radius 1 is 0.233 bits per heavy atom. The van der Waals surface area contributed by atoms with Crippen LogP contribution >= 0.6 is 50.9 Å². The Labute approximate surface area is 207 Å². The molecular weight excluding hydrogens is 612 g/mol. The minimum absolute atomic E-state index is 0. The highest BCUT2D eigenvalue weighted by atomic mass is 79.9. The summed E-state index contributed by atoms with van der Waals surface area (Å²) in [6, 6.07) is 0. The molecule has 0 aromatic heterocycles. The van der Waals surface area contributed by atoms with Crippen LogP contribution in [0.4, 0.5) is 0 Å². The molecule has 0 rings (SSSR count). The van der Waals surface area contributed by atoms with Crippen LogP contribution in [0.2, 0.25) is 0 Å². The molecule has 0 saturated carbocycles. The Balaban J connectivity index is -0.0000000686. The fraction of sp³-hybridized carbons (Fsp3) is 1.00. The van der Waals surface area contributed by atoms with Gasteiger partial charge in [0.2, 0.25) is 0 Å². The Hall–Kier alpha value is 0.960. The Kier molecular flexibility index (Phi) is 39.0. The van der Waals surface area contributed by atoms with E-state index in [-0.39, 0.29) is 50.9 Å². The van der Waals surface area contributed by atoms with E-state index in [9.17, 15) is 0 Å². The zero-order chi connectivity index (χ0) is 22.0. The number of rotatable bonds is 12. The molecule has 0 saturated heterocycles. The Morgan fingerprint density at radius 2 is 0.300 bits per heavy atom. The molecule has 0 aliphatic heterocycles. The third kappa shape index (κ3) is 16.6. The van der Waals surface area contributed by atoms with Crippen molar-refractivity contribution in [3.8, 4) is 0 Å². The molecule has 0 aromatic rings. The Bertz CT molecular complexity index is 217. The monoisotopic (exact) mass is 648 g/mol. The number of aliphatic hydroxyl groups is 12. The normalized spacial score (nSPS) is 10.8. The van der Waals surface area contributed by atoms with E-state index in [2.05, 4.69) is 0 Å². The van der Waals surface area contributed by atoms with Crippen molar-refractivity contribution in [2.45, 2.75) is 0 Å². The number of hydrogen-bond acceptors (Lipinski definition) is 12. The molecule has 0 bridgehead atoms. The van der Waals surface area contributed by atoms with Gasteiger partial charge in [-0.15, -0.1) is 50.9 Å². The lowest BCUT2D eigenvalue weighted by Gasteiger charge is -2.23. The second-order valence-corrected chi connectivity index (χ2v) is 6.40. The average molecular weight is 651 g/mol. The second-order valence-electron chi connectivity index (χ2n) is 6.40. The smallest absolute Gasteiger partial charge is 0.0627 e. The lowest BCUT2D eigenvalue weighted by Crippen LogP contribution is -2.37. The number of aliphatic hydroxyl groups excluding tert-OH is 12. The van der Waals surface area contributed by atoms with Gasteiger partial charge in [0.25, 0.3) is 0 Å². The van der Waals surface area contributed by atoms with Gasteiger partial charge in [-0.05, 0) is 0 Å². The average Bonchev–Trinajstić information content (AvgIpc) is 2.75. The van der Waals surface area contributed by atoms with Crippen LogP contribution in [0.1, 0.15) is 0 Å². The van der Waals surface area contributed by atoms with Gasteiger partial charge in [-0.25, -0.2) is 0 Å². The summed E-state index contributed by atoms with van der Waals surface area (Å²) in [6.45, 7) is -4.88. The van der Waals surface area contributed by atoms with E-state index >= 15 is 0 Å². The van der Waals surface area contributed by atoms with Crippen molar-refractivity contribution in [3.05, 3.63) is 0 Å². The molecule has 0 amide bonds. The summed E-state index contributed by atoms with van der Waals surface area (Å²) in [7, 11) is 0. The van der Waals surface area contributed by atoms with Gasteiger partial charge in [0, 0.05) is 0 Å². The molecular formula is C15H39Br3O12. The van der Waals surface area contributed by atoms with Crippen LogP contribution < -0.4 is 0 Å². The zero-order valence-corrected chi connectivity index (χ0v) is 21.7. The van der Waals surface area contributed by atoms with Crippen molar-refractivity contribution < 1.29 is 61.3 Å². The van der Waals surface area contributed by atoms with Crippen molar-refractivity contribution in [2.24, 2.45) is 16.2 Å². The van der Waals surface area contributed by atoms with Crippen LogP contribution in [0.25, 0.3) is 0 Å². The molecule has 12 nitrogen and oxygen atoms in total. The molecule has 192 valence electrons. The fourth-order valence-electron chi connectivity index (χ4n) is 0.900. The maximum Gasteiger partial charge on any atom is 0.0627 e. The third-order valence-electron chi connectivity index (χ3n) is 4.02. The summed E-state index contributed by atoms with van der Waals surface area (Å²) >= 11 is 0. The summed E-state index contributed by atoms with van der Waals surface area (Å²) < 4.78 is 0. The fourth-order valence-corrected chi connectivity index (χ4v) is 0.900. The lowest BCUT2D eigenvalue weighted by molar-refractivity contribution is -0.0332. The van der Waals surface area contributed by atoms with E-state index in [1.54, 1.807) is 0 Å². The molecule has 15 heteroatoms. The zero-order valence-electron chi connectivity index (χ0n) is 16.6. The van der Waals surface area contributed by atoms with Gasteiger partial charge in [-0.1, -0.05) is 0 Å². The summed E-state index contributed by atoms with van der Waals surface area (Å²) in [4.78, 5) is 0. The molecule has 0 spiro atoms. The standard InChI is InChI=1S/3C5H12O4.3BrH/c3*6-1-5(2-7,3-8)4-9;;;/h3*6-9H,1-4H2;3*1H. The molecule has 12 N–H and O–H groups in total. The quantitative estimate of drug-likeness (QED) is 0.0957. The van der Waals surface area contributed by atoms with Crippen LogP contribution in [-0.4, -0.2) is 141 Å². The molecule has 0 unspecified atom stereocenters. The predicted molar refractivity (Wildman–Crippen MR) is 123 cm³/mol. The maximum absolute atomic E-state index is 8.50. The van der Waals surface area contributed by atoms with E-state index in [0.29, 0.717) is 0 Å². The highest BCUT2D eigenvalue weighted by Gasteiger charge is 2.27. The van der Waals surface area contributed by atoms with Crippen molar-refractivity contribution in [2.75, 3.05) is 79.3 Å². The van der Waals surface area contributed by atoms with Crippen LogP contribution in [0, 0.1) is 16.2 Å². The van der Waals surface area contributed by atoms with Crippen molar-refractivity contribution in [1.82, 2.24) is 0 Å². The summed E-state index contributed by atoms with van der Waals surface area (Å²) in [5.74, 6) is 0. The molecule has 0 atom stereocenters. The van der Waals surface area contributed by atoms with Gasteiger partial charge in [-0.2, -0.15) is 0 Å². The second kappa shape index (κ2) is 26.2. The van der Waals surface area contributed by atoms with Crippen LogP contribution in [-0.2, 0) is 0 Å². The maximum atomic E-state index is 8.50. The molecule has 0 heterocycles. The van der Waals surface area contributed by atoms with Gasteiger partial charge in [0.1, 0.15) is 0 Å². The SMILES string of the molecule is Br.Br.Br.OCC(CO)(CO)CO.OCC(CO)(CO)CO.OCC(CO)(CO)CO. The topological polar surface area (TPSA) is 243 Å². The molecule has 30 heavy (non-hydrogen) atoms.